The van der Waals surface area contributed by atoms with Crippen LogP contribution in [0, 0.1) is 0 Å². The fourth-order valence-corrected chi connectivity index (χ4v) is 1.81. The molecule has 0 atom stereocenters. The molecule has 0 saturated carbocycles. The van der Waals surface area contributed by atoms with Crippen molar-refractivity contribution in [2.24, 2.45) is 0 Å². The van der Waals surface area contributed by atoms with Gasteiger partial charge in [-0.05, 0) is 31.9 Å². The van der Waals surface area contributed by atoms with Crippen LogP contribution in [0.1, 0.15) is 0 Å². The summed E-state index contributed by atoms with van der Waals surface area (Å²) in [5, 5.41) is 0.429. The van der Waals surface area contributed by atoms with E-state index < -0.39 is 0 Å². The second-order valence-electron chi connectivity index (χ2n) is 2.19. The van der Waals surface area contributed by atoms with E-state index in [2.05, 4.69) is 41.2 Å². The van der Waals surface area contributed by atoms with E-state index in [-0.39, 0.29) is 0 Å². The maximum absolute atomic E-state index is 5.44. The van der Waals surface area contributed by atoms with Crippen molar-refractivity contribution in [1.82, 2.24) is 9.36 Å². The molecule has 0 spiro atoms. The largest absolute Gasteiger partial charge is 0.445 e. The number of furan rings is 1. The molecular weight excluding hydrogens is 322 g/mol. The Morgan fingerprint density at radius 3 is 2.69 bits per heavy atom. The zero-order valence-corrected chi connectivity index (χ0v) is 10.1. The number of halogens is 2. The van der Waals surface area contributed by atoms with E-state index in [1.165, 1.54) is 0 Å². The molecule has 2 heterocycles. The Morgan fingerprint density at radius 1 is 1.46 bits per heavy atom. The van der Waals surface area contributed by atoms with Crippen LogP contribution in [0.3, 0.4) is 0 Å². The number of rotatable bonds is 1. The van der Waals surface area contributed by atoms with Gasteiger partial charge in [-0.25, -0.2) is 0 Å². The van der Waals surface area contributed by atoms with Crippen LogP contribution in [-0.4, -0.2) is 9.36 Å². The van der Waals surface area contributed by atoms with Crippen LogP contribution < -0.4 is 5.73 Å². The molecule has 2 rings (SSSR count). The number of hydrogen-bond acceptors (Lipinski definition) is 5. The molecule has 2 aromatic rings. The number of hydrogen-bond donors (Lipinski definition) is 1. The fourth-order valence-electron chi connectivity index (χ4n) is 0.792. The highest BCUT2D eigenvalue weighted by Gasteiger charge is 2.12. The average Bonchev–Trinajstić information content (AvgIpc) is 2.61. The molecule has 4 nitrogen and oxygen atoms in total. The van der Waals surface area contributed by atoms with Crippen LogP contribution in [0.4, 0.5) is 5.13 Å². The van der Waals surface area contributed by atoms with Gasteiger partial charge in [0.2, 0.25) is 5.82 Å². The van der Waals surface area contributed by atoms with E-state index in [1.807, 2.05) is 0 Å². The van der Waals surface area contributed by atoms with E-state index in [0.717, 1.165) is 16.0 Å². The number of nitrogens with two attached hydrogens (primary N) is 1. The van der Waals surface area contributed by atoms with Crippen molar-refractivity contribution in [3.8, 4) is 11.6 Å². The lowest BCUT2D eigenvalue weighted by molar-refractivity contribution is 0.550. The topological polar surface area (TPSA) is 64.9 Å². The second kappa shape index (κ2) is 3.39. The van der Waals surface area contributed by atoms with Gasteiger partial charge in [0.25, 0.3) is 0 Å². The molecule has 2 N–H and O–H groups in total. The highest BCUT2D eigenvalue weighted by Crippen LogP contribution is 2.31. The Labute approximate surface area is 94.6 Å². The van der Waals surface area contributed by atoms with Crippen molar-refractivity contribution in [3.05, 3.63) is 15.2 Å². The van der Waals surface area contributed by atoms with Crippen LogP contribution in [0.15, 0.2) is 19.6 Å². The maximum Gasteiger partial charge on any atom is 0.210 e. The molecule has 0 aliphatic carbocycles. The van der Waals surface area contributed by atoms with E-state index >= 15 is 0 Å². The summed E-state index contributed by atoms with van der Waals surface area (Å²) in [6.45, 7) is 0. The van der Waals surface area contributed by atoms with Crippen LogP contribution in [-0.2, 0) is 0 Å². The average molecular weight is 325 g/mol. The minimum Gasteiger partial charge on any atom is -0.445 e. The molecular formula is C6H3Br2N3OS. The Kier molecular flexibility index (Phi) is 2.39. The predicted octanol–water partition coefficient (Wildman–Crippen LogP) is 2.91. The Morgan fingerprint density at radius 2 is 2.23 bits per heavy atom. The van der Waals surface area contributed by atoms with Crippen molar-refractivity contribution in [2.75, 3.05) is 5.73 Å². The molecule has 0 amide bonds. The van der Waals surface area contributed by atoms with Gasteiger partial charge in [0.15, 0.2) is 15.6 Å². The number of anilines is 1. The summed E-state index contributed by atoms with van der Waals surface area (Å²) in [6, 6.07) is 1.78. The van der Waals surface area contributed by atoms with Gasteiger partial charge in [0.1, 0.15) is 0 Å². The van der Waals surface area contributed by atoms with Crippen molar-refractivity contribution in [1.29, 1.82) is 0 Å². The van der Waals surface area contributed by atoms with E-state index in [4.69, 9.17) is 10.2 Å². The van der Waals surface area contributed by atoms with Crippen molar-refractivity contribution >= 4 is 48.5 Å². The molecule has 0 aliphatic rings. The van der Waals surface area contributed by atoms with E-state index in [9.17, 15) is 0 Å². The lowest BCUT2D eigenvalue weighted by atomic mass is 10.4. The zero-order chi connectivity index (χ0) is 9.42. The van der Waals surface area contributed by atoms with Gasteiger partial charge >= 0.3 is 0 Å². The van der Waals surface area contributed by atoms with Gasteiger partial charge in [-0.15, -0.1) is 0 Å². The first kappa shape index (κ1) is 9.17. The van der Waals surface area contributed by atoms with Crippen molar-refractivity contribution in [2.45, 2.75) is 0 Å². The van der Waals surface area contributed by atoms with Gasteiger partial charge < -0.3 is 10.2 Å². The number of nitrogen functional groups attached to an aromatic ring is 1. The highest BCUT2D eigenvalue weighted by atomic mass is 79.9. The normalized spacial score (nSPS) is 10.6. The molecule has 0 aliphatic heterocycles. The van der Waals surface area contributed by atoms with Crippen molar-refractivity contribution in [3.63, 3.8) is 0 Å². The lowest BCUT2D eigenvalue weighted by Gasteiger charge is -1.84. The third kappa shape index (κ3) is 1.77. The van der Waals surface area contributed by atoms with Gasteiger partial charge in [-0.1, -0.05) is 0 Å². The molecule has 2 aromatic heterocycles. The van der Waals surface area contributed by atoms with Crippen LogP contribution in [0.2, 0.25) is 0 Å². The van der Waals surface area contributed by atoms with Gasteiger partial charge in [-0.2, -0.15) is 9.36 Å². The number of aromatic nitrogens is 2. The SMILES string of the molecule is Nc1nc(-c2cc(Br)c(Br)o2)ns1. The molecule has 13 heavy (non-hydrogen) atoms. The molecule has 0 unspecified atom stereocenters. The highest BCUT2D eigenvalue weighted by molar-refractivity contribution is 9.13. The molecule has 0 radical (unpaired) electrons. The molecule has 68 valence electrons. The van der Waals surface area contributed by atoms with E-state index in [1.54, 1.807) is 6.07 Å². The summed E-state index contributed by atoms with van der Waals surface area (Å²) in [5.41, 5.74) is 5.44. The minimum atomic E-state index is 0.429. The Balaban J connectivity index is 2.46. The minimum absolute atomic E-state index is 0.429. The predicted molar refractivity (Wildman–Crippen MR) is 57.4 cm³/mol. The van der Waals surface area contributed by atoms with E-state index in [0.29, 0.717) is 21.4 Å². The zero-order valence-electron chi connectivity index (χ0n) is 6.12. The third-order valence-electron chi connectivity index (χ3n) is 1.31. The fraction of sp³-hybridized carbons (Fsp3) is 0. The van der Waals surface area contributed by atoms with Gasteiger partial charge in [0, 0.05) is 17.6 Å². The molecule has 0 fully saturated rings. The summed E-state index contributed by atoms with van der Waals surface area (Å²) in [5.74, 6) is 1.10. The quantitative estimate of drug-likeness (QED) is 0.876. The first-order valence-electron chi connectivity index (χ1n) is 3.21. The molecule has 0 aromatic carbocycles. The summed E-state index contributed by atoms with van der Waals surface area (Å²) in [4.78, 5) is 3.99. The number of nitrogens with zero attached hydrogens (tertiary/aromatic N) is 2. The summed E-state index contributed by atoms with van der Waals surface area (Å²) >= 11 is 7.66. The third-order valence-corrected chi connectivity index (χ3v) is 3.56. The first-order valence-corrected chi connectivity index (χ1v) is 5.57. The maximum atomic E-state index is 5.44. The second-order valence-corrected chi connectivity index (χ2v) is 4.55. The molecule has 0 bridgehead atoms. The van der Waals surface area contributed by atoms with Gasteiger partial charge in [-0.3, -0.25) is 0 Å². The Hall–Kier alpha value is -0.400. The smallest absolute Gasteiger partial charge is 0.210 e. The van der Waals surface area contributed by atoms with Crippen LogP contribution >= 0.6 is 43.4 Å². The van der Waals surface area contributed by atoms with Crippen LogP contribution in [0.25, 0.3) is 11.6 Å². The molecule has 0 saturated heterocycles. The standard InChI is InChI=1S/C6H3Br2N3OS/c7-2-1-3(12-4(2)8)5-10-6(9)13-11-5/h1H,(H2,9,10,11). The molecule has 7 heteroatoms. The van der Waals surface area contributed by atoms with Crippen molar-refractivity contribution < 1.29 is 4.42 Å². The summed E-state index contributed by atoms with van der Waals surface area (Å²) < 4.78 is 10.8. The lowest BCUT2D eigenvalue weighted by Crippen LogP contribution is -1.81. The first-order chi connectivity index (χ1) is 6.16. The van der Waals surface area contributed by atoms with Crippen LogP contribution in [0.5, 0.6) is 0 Å². The monoisotopic (exact) mass is 323 g/mol. The summed E-state index contributed by atoms with van der Waals surface area (Å²) in [6.07, 6.45) is 0. The summed E-state index contributed by atoms with van der Waals surface area (Å²) in [7, 11) is 0. The van der Waals surface area contributed by atoms with Gasteiger partial charge in [0.05, 0.1) is 4.47 Å². The Bertz CT molecular complexity index is 419.